The zero-order chi connectivity index (χ0) is 14.9. The minimum Gasteiger partial charge on any atom is -0.489 e. The average molecular weight is 289 g/mol. The number of rotatable bonds is 8. The van der Waals surface area contributed by atoms with E-state index in [1.807, 2.05) is 24.3 Å². The maximum absolute atomic E-state index is 12.8. The standard InChI is InChI=1S/C17H20FNO2/c18-16-8-6-14(7-9-16)13-21-17-5-2-1-4-15(17)12-19-10-3-11-20/h1-2,4-9,19-20H,3,10-13H2. The Morgan fingerprint density at radius 1 is 1.05 bits per heavy atom. The maximum atomic E-state index is 12.8. The molecule has 0 bridgehead atoms. The highest BCUT2D eigenvalue weighted by Gasteiger charge is 2.03. The number of hydrogen-bond donors (Lipinski definition) is 2. The molecule has 0 aliphatic rings. The van der Waals surface area contributed by atoms with Gasteiger partial charge in [-0.2, -0.15) is 0 Å². The summed E-state index contributed by atoms with van der Waals surface area (Å²) in [4.78, 5) is 0. The van der Waals surface area contributed by atoms with Crippen molar-refractivity contribution >= 4 is 0 Å². The number of nitrogens with one attached hydrogen (secondary N) is 1. The second-order valence-electron chi connectivity index (χ2n) is 4.78. The molecule has 0 spiro atoms. The highest BCUT2D eigenvalue weighted by molar-refractivity contribution is 5.33. The van der Waals surface area contributed by atoms with Crippen LogP contribution in [0.3, 0.4) is 0 Å². The van der Waals surface area contributed by atoms with Crippen molar-refractivity contribution in [1.82, 2.24) is 5.32 Å². The molecule has 3 nitrogen and oxygen atoms in total. The van der Waals surface area contributed by atoms with Crippen molar-refractivity contribution in [2.75, 3.05) is 13.2 Å². The predicted octanol–water partition coefficient (Wildman–Crippen LogP) is 2.88. The number of benzene rings is 2. The zero-order valence-electron chi connectivity index (χ0n) is 11.9. The first-order valence-electron chi connectivity index (χ1n) is 7.06. The molecule has 0 atom stereocenters. The molecule has 0 radical (unpaired) electrons. The van der Waals surface area contributed by atoms with E-state index in [-0.39, 0.29) is 12.4 Å². The van der Waals surface area contributed by atoms with E-state index >= 15 is 0 Å². The molecule has 0 aliphatic carbocycles. The molecule has 2 aromatic carbocycles. The fourth-order valence-electron chi connectivity index (χ4n) is 1.96. The average Bonchev–Trinajstić information content (AvgIpc) is 2.52. The van der Waals surface area contributed by atoms with Crippen molar-refractivity contribution < 1.29 is 14.2 Å². The minimum atomic E-state index is -0.243. The summed E-state index contributed by atoms with van der Waals surface area (Å²) in [5, 5.41) is 12.0. The van der Waals surface area contributed by atoms with E-state index in [4.69, 9.17) is 9.84 Å². The zero-order valence-corrected chi connectivity index (χ0v) is 11.9. The van der Waals surface area contributed by atoms with Crippen molar-refractivity contribution in [3.63, 3.8) is 0 Å². The number of aliphatic hydroxyl groups is 1. The summed E-state index contributed by atoms with van der Waals surface area (Å²) in [6, 6.07) is 14.1. The monoisotopic (exact) mass is 289 g/mol. The summed E-state index contributed by atoms with van der Waals surface area (Å²) < 4.78 is 18.7. The van der Waals surface area contributed by atoms with Crippen LogP contribution in [0.2, 0.25) is 0 Å². The van der Waals surface area contributed by atoms with E-state index in [0.717, 1.165) is 29.8 Å². The molecule has 112 valence electrons. The van der Waals surface area contributed by atoms with E-state index in [9.17, 15) is 4.39 Å². The van der Waals surface area contributed by atoms with Gasteiger partial charge in [-0.25, -0.2) is 4.39 Å². The molecule has 0 heterocycles. The molecule has 0 unspecified atom stereocenters. The largest absolute Gasteiger partial charge is 0.489 e. The van der Waals surface area contributed by atoms with Gasteiger partial charge in [0.15, 0.2) is 0 Å². The summed E-state index contributed by atoms with van der Waals surface area (Å²) in [6.07, 6.45) is 0.735. The van der Waals surface area contributed by atoms with Crippen LogP contribution in [0.1, 0.15) is 17.5 Å². The van der Waals surface area contributed by atoms with Gasteiger partial charge in [-0.3, -0.25) is 0 Å². The van der Waals surface area contributed by atoms with Crippen LogP contribution in [0.5, 0.6) is 5.75 Å². The normalized spacial score (nSPS) is 10.6. The van der Waals surface area contributed by atoms with Crippen LogP contribution >= 0.6 is 0 Å². The van der Waals surface area contributed by atoms with Crippen molar-refractivity contribution in [3.8, 4) is 5.75 Å². The van der Waals surface area contributed by atoms with Crippen LogP contribution in [0, 0.1) is 5.82 Å². The maximum Gasteiger partial charge on any atom is 0.124 e. The van der Waals surface area contributed by atoms with E-state index < -0.39 is 0 Å². The van der Waals surface area contributed by atoms with E-state index in [1.54, 1.807) is 12.1 Å². The van der Waals surface area contributed by atoms with Crippen LogP contribution in [-0.2, 0) is 13.2 Å². The Labute approximate surface area is 124 Å². The molecular weight excluding hydrogens is 269 g/mol. The van der Waals surface area contributed by atoms with Crippen molar-refractivity contribution in [3.05, 3.63) is 65.5 Å². The second kappa shape index (κ2) is 8.39. The number of halogens is 1. The topological polar surface area (TPSA) is 41.5 Å². The first-order valence-corrected chi connectivity index (χ1v) is 7.06. The fraction of sp³-hybridized carbons (Fsp3) is 0.294. The molecular formula is C17H20FNO2. The Morgan fingerprint density at radius 2 is 1.81 bits per heavy atom. The van der Waals surface area contributed by atoms with E-state index in [2.05, 4.69) is 5.32 Å². The molecule has 21 heavy (non-hydrogen) atoms. The smallest absolute Gasteiger partial charge is 0.124 e. The van der Waals surface area contributed by atoms with Gasteiger partial charge in [-0.15, -0.1) is 0 Å². The van der Waals surface area contributed by atoms with Crippen molar-refractivity contribution in [2.45, 2.75) is 19.6 Å². The van der Waals surface area contributed by atoms with Gasteiger partial charge in [-0.05, 0) is 36.7 Å². The van der Waals surface area contributed by atoms with Crippen LogP contribution in [0.25, 0.3) is 0 Å². The lowest BCUT2D eigenvalue weighted by Gasteiger charge is -2.12. The molecule has 0 saturated heterocycles. The molecule has 0 fully saturated rings. The van der Waals surface area contributed by atoms with Gasteiger partial charge in [0.2, 0.25) is 0 Å². The molecule has 4 heteroatoms. The molecule has 0 saturated carbocycles. The predicted molar refractivity (Wildman–Crippen MR) is 80.6 cm³/mol. The van der Waals surface area contributed by atoms with Gasteiger partial charge in [0.1, 0.15) is 18.2 Å². The Kier molecular flexibility index (Phi) is 6.19. The molecule has 0 aromatic heterocycles. The van der Waals surface area contributed by atoms with Gasteiger partial charge in [0, 0.05) is 18.7 Å². The first kappa shape index (κ1) is 15.5. The Hall–Kier alpha value is -1.91. The summed E-state index contributed by atoms with van der Waals surface area (Å²) in [6.45, 7) is 2.06. The number of ether oxygens (including phenoxy) is 1. The third-order valence-electron chi connectivity index (χ3n) is 3.11. The van der Waals surface area contributed by atoms with E-state index in [0.29, 0.717) is 13.2 Å². The van der Waals surface area contributed by atoms with Crippen molar-refractivity contribution in [1.29, 1.82) is 0 Å². The second-order valence-corrected chi connectivity index (χ2v) is 4.78. The lowest BCUT2D eigenvalue weighted by molar-refractivity contribution is 0.285. The van der Waals surface area contributed by atoms with Crippen LogP contribution < -0.4 is 10.1 Å². The van der Waals surface area contributed by atoms with Gasteiger partial charge < -0.3 is 15.2 Å². The van der Waals surface area contributed by atoms with Gasteiger partial charge >= 0.3 is 0 Å². The molecule has 0 amide bonds. The summed E-state index contributed by atoms with van der Waals surface area (Å²) >= 11 is 0. The SMILES string of the molecule is OCCCNCc1ccccc1OCc1ccc(F)cc1. The van der Waals surface area contributed by atoms with Crippen LogP contribution in [0.4, 0.5) is 4.39 Å². The third kappa shape index (κ3) is 5.17. The third-order valence-corrected chi connectivity index (χ3v) is 3.11. The van der Waals surface area contributed by atoms with Gasteiger partial charge in [-0.1, -0.05) is 30.3 Å². The Morgan fingerprint density at radius 3 is 2.57 bits per heavy atom. The van der Waals surface area contributed by atoms with Gasteiger partial charge in [0.25, 0.3) is 0 Å². The Balaban J connectivity index is 1.91. The Bertz CT molecular complexity index is 543. The van der Waals surface area contributed by atoms with Crippen molar-refractivity contribution in [2.24, 2.45) is 0 Å². The van der Waals surface area contributed by atoms with Crippen LogP contribution in [0.15, 0.2) is 48.5 Å². The number of aliphatic hydroxyl groups excluding tert-OH is 1. The summed E-state index contributed by atoms with van der Waals surface area (Å²) in [5.41, 5.74) is 2.00. The molecule has 2 N–H and O–H groups in total. The molecule has 0 aliphatic heterocycles. The van der Waals surface area contributed by atoms with E-state index in [1.165, 1.54) is 12.1 Å². The fourth-order valence-corrected chi connectivity index (χ4v) is 1.96. The lowest BCUT2D eigenvalue weighted by atomic mass is 10.2. The highest BCUT2D eigenvalue weighted by Crippen LogP contribution is 2.19. The highest BCUT2D eigenvalue weighted by atomic mass is 19.1. The lowest BCUT2D eigenvalue weighted by Crippen LogP contribution is -2.16. The van der Waals surface area contributed by atoms with Gasteiger partial charge in [0.05, 0.1) is 0 Å². The summed E-state index contributed by atoms with van der Waals surface area (Å²) in [7, 11) is 0. The quantitative estimate of drug-likeness (QED) is 0.734. The molecule has 2 aromatic rings. The number of hydrogen-bond acceptors (Lipinski definition) is 3. The summed E-state index contributed by atoms with van der Waals surface area (Å²) in [5.74, 6) is 0.575. The number of para-hydroxylation sites is 1. The minimum absolute atomic E-state index is 0.190. The first-order chi connectivity index (χ1) is 10.3. The molecule has 2 rings (SSSR count). The van der Waals surface area contributed by atoms with Crippen LogP contribution in [-0.4, -0.2) is 18.3 Å².